The highest BCUT2D eigenvalue weighted by atomic mass is 79.9. The number of hydrogen-bond donors (Lipinski definition) is 1. The lowest BCUT2D eigenvalue weighted by atomic mass is 10.1. The fraction of sp³-hybridized carbons (Fsp3) is 0.273. The minimum atomic E-state index is 1.06. The number of aromatic amines is 1. The first-order valence-corrected chi connectivity index (χ1v) is 5.29. The highest BCUT2D eigenvalue weighted by Crippen LogP contribution is 2.28. The zero-order valence-electron chi connectivity index (χ0n) is 7.82. The van der Waals surface area contributed by atoms with Gasteiger partial charge in [-0.2, -0.15) is 0 Å². The van der Waals surface area contributed by atoms with Crippen LogP contribution in [-0.2, 0) is 6.42 Å². The van der Waals surface area contributed by atoms with E-state index in [2.05, 4.69) is 53.0 Å². The zero-order chi connectivity index (χ0) is 9.42. The Morgan fingerprint density at radius 1 is 1.38 bits per heavy atom. The Morgan fingerprint density at radius 3 is 2.77 bits per heavy atom. The van der Waals surface area contributed by atoms with Crippen molar-refractivity contribution in [3.05, 3.63) is 33.9 Å². The van der Waals surface area contributed by atoms with Crippen molar-refractivity contribution in [1.82, 2.24) is 4.98 Å². The largest absolute Gasteiger partial charge is 0.358 e. The number of benzene rings is 1. The summed E-state index contributed by atoms with van der Waals surface area (Å²) in [5, 5.41) is 1.32. The number of fused-ring (bicyclic) bond motifs is 1. The molecular formula is C11H12BrN. The molecule has 2 rings (SSSR count). The fourth-order valence-electron chi connectivity index (χ4n) is 1.77. The second kappa shape index (κ2) is 3.18. The van der Waals surface area contributed by atoms with Crippen LogP contribution in [0.25, 0.3) is 10.9 Å². The van der Waals surface area contributed by atoms with Crippen molar-refractivity contribution in [2.75, 3.05) is 0 Å². The molecule has 0 saturated carbocycles. The Labute approximate surface area is 86.3 Å². The average molecular weight is 238 g/mol. The number of halogens is 1. The molecule has 2 heteroatoms. The van der Waals surface area contributed by atoms with Crippen LogP contribution < -0.4 is 0 Å². The molecular weight excluding hydrogens is 226 g/mol. The lowest BCUT2D eigenvalue weighted by molar-refractivity contribution is 1.05. The Bertz CT molecular complexity index is 443. The molecule has 2 aromatic rings. The standard InChI is InChI=1S/C11H12BrN/c1-3-9-7(2)11-8(12)5-4-6-10(11)13-9/h4-6,13H,3H2,1-2H3. The molecule has 0 unspecified atom stereocenters. The van der Waals surface area contributed by atoms with Crippen LogP contribution in [0.4, 0.5) is 0 Å². The Kier molecular flexibility index (Phi) is 2.16. The maximum atomic E-state index is 3.57. The van der Waals surface area contributed by atoms with Gasteiger partial charge in [0.05, 0.1) is 0 Å². The van der Waals surface area contributed by atoms with Gasteiger partial charge in [0.15, 0.2) is 0 Å². The van der Waals surface area contributed by atoms with Gasteiger partial charge in [0.25, 0.3) is 0 Å². The first-order valence-electron chi connectivity index (χ1n) is 4.49. The Morgan fingerprint density at radius 2 is 2.15 bits per heavy atom. The van der Waals surface area contributed by atoms with Crippen LogP contribution in [0.15, 0.2) is 22.7 Å². The molecule has 0 saturated heterocycles. The van der Waals surface area contributed by atoms with Crippen molar-refractivity contribution >= 4 is 26.8 Å². The number of hydrogen-bond acceptors (Lipinski definition) is 0. The van der Waals surface area contributed by atoms with E-state index in [1.165, 1.54) is 26.6 Å². The van der Waals surface area contributed by atoms with Gasteiger partial charge < -0.3 is 4.98 Å². The molecule has 1 N–H and O–H groups in total. The third-order valence-electron chi connectivity index (χ3n) is 2.48. The molecule has 0 aliphatic carbocycles. The molecule has 68 valence electrons. The quantitative estimate of drug-likeness (QED) is 0.777. The molecule has 0 aliphatic heterocycles. The van der Waals surface area contributed by atoms with Crippen LogP contribution in [0.1, 0.15) is 18.2 Å². The molecule has 1 heterocycles. The Hall–Kier alpha value is -0.760. The van der Waals surface area contributed by atoms with Crippen molar-refractivity contribution < 1.29 is 0 Å². The zero-order valence-corrected chi connectivity index (χ0v) is 9.40. The highest BCUT2D eigenvalue weighted by Gasteiger charge is 2.07. The minimum Gasteiger partial charge on any atom is -0.358 e. The topological polar surface area (TPSA) is 15.8 Å². The summed E-state index contributed by atoms with van der Waals surface area (Å²) in [4.78, 5) is 3.42. The van der Waals surface area contributed by atoms with Gasteiger partial charge in [-0.05, 0) is 31.0 Å². The molecule has 1 aromatic carbocycles. The van der Waals surface area contributed by atoms with Gasteiger partial charge in [-0.15, -0.1) is 0 Å². The van der Waals surface area contributed by atoms with Gasteiger partial charge in [-0.1, -0.05) is 28.9 Å². The number of aryl methyl sites for hydroxylation is 2. The fourth-order valence-corrected chi connectivity index (χ4v) is 2.43. The summed E-state index contributed by atoms with van der Waals surface area (Å²) in [5.41, 5.74) is 3.93. The molecule has 0 amide bonds. The van der Waals surface area contributed by atoms with E-state index in [1.807, 2.05) is 0 Å². The predicted molar refractivity (Wildman–Crippen MR) is 60.1 cm³/mol. The molecule has 0 fully saturated rings. The van der Waals surface area contributed by atoms with Crippen LogP contribution in [0.3, 0.4) is 0 Å². The number of rotatable bonds is 1. The van der Waals surface area contributed by atoms with E-state index in [4.69, 9.17) is 0 Å². The number of H-pyrrole nitrogens is 1. The van der Waals surface area contributed by atoms with E-state index >= 15 is 0 Å². The second-order valence-electron chi connectivity index (χ2n) is 3.24. The normalized spacial score (nSPS) is 11.0. The van der Waals surface area contributed by atoms with Crippen LogP contribution in [0, 0.1) is 6.92 Å². The minimum absolute atomic E-state index is 1.06. The third-order valence-corrected chi connectivity index (χ3v) is 3.14. The monoisotopic (exact) mass is 237 g/mol. The smallest absolute Gasteiger partial charge is 0.0470 e. The summed E-state index contributed by atoms with van der Waals surface area (Å²) in [5.74, 6) is 0. The van der Waals surface area contributed by atoms with Gasteiger partial charge in [-0.3, -0.25) is 0 Å². The first kappa shape index (κ1) is 8.82. The van der Waals surface area contributed by atoms with Crippen LogP contribution in [0.5, 0.6) is 0 Å². The van der Waals surface area contributed by atoms with E-state index in [0.29, 0.717) is 0 Å². The number of aromatic nitrogens is 1. The third kappa shape index (κ3) is 1.29. The van der Waals surface area contributed by atoms with Crippen molar-refractivity contribution in [2.45, 2.75) is 20.3 Å². The lowest BCUT2D eigenvalue weighted by Gasteiger charge is -1.95. The maximum absolute atomic E-state index is 3.57. The van der Waals surface area contributed by atoms with E-state index in [0.717, 1.165) is 6.42 Å². The summed E-state index contributed by atoms with van der Waals surface area (Å²) in [6, 6.07) is 6.26. The molecule has 1 nitrogen and oxygen atoms in total. The van der Waals surface area contributed by atoms with Crippen LogP contribution in [0.2, 0.25) is 0 Å². The average Bonchev–Trinajstić information content (AvgIpc) is 2.44. The number of nitrogens with one attached hydrogen (secondary N) is 1. The molecule has 0 radical (unpaired) electrons. The molecule has 13 heavy (non-hydrogen) atoms. The van der Waals surface area contributed by atoms with E-state index in [1.54, 1.807) is 0 Å². The van der Waals surface area contributed by atoms with Crippen molar-refractivity contribution in [3.63, 3.8) is 0 Å². The first-order chi connectivity index (χ1) is 6.24. The highest BCUT2D eigenvalue weighted by molar-refractivity contribution is 9.10. The van der Waals surface area contributed by atoms with Gasteiger partial charge in [-0.25, -0.2) is 0 Å². The van der Waals surface area contributed by atoms with E-state index in [-0.39, 0.29) is 0 Å². The summed E-state index contributed by atoms with van der Waals surface area (Å²) < 4.78 is 1.18. The summed E-state index contributed by atoms with van der Waals surface area (Å²) in [6.07, 6.45) is 1.06. The molecule has 0 aliphatic rings. The molecule has 0 spiro atoms. The SMILES string of the molecule is CCc1[nH]c2cccc(Br)c2c1C. The lowest BCUT2D eigenvalue weighted by Crippen LogP contribution is -1.81. The Balaban J connectivity index is 2.85. The maximum Gasteiger partial charge on any atom is 0.0470 e. The van der Waals surface area contributed by atoms with Crippen molar-refractivity contribution in [1.29, 1.82) is 0 Å². The molecule has 1 aromatic heterocycles. The van der Waals surface area contributed by atoms with Gasteiger partial charge in [0, 0.05) is 21.1 Å². The second-order valence-corrected chi connectivity index (χ2v) is 4.10. The summed E-state index contributed by atoms with van der Waals surface area (Å²) in [6.45, 7) is 4.34. The van der Waals surface area contributed by atoms with Crippen LogP contribution in [-0.4, -0.2) is 4.98 Å². The van der Waals surface area contributed by atoms with Gasteiger partial charge in [0.1, 0.15) is 0 Å². The van der Waals surface area contributed by atoms with E-state index < -0.39 is 0 Å². The van der Waals surface area contributed by atoms with E-state index in [9.17, 15) is 0 Å². The van der Waals surface area contributed by atoms with Gasteiger partial charge in [0.2, 0.25) is 0 Å². The van der Waals surface area contributed by atoms with Crippen molar-refractivity contribution in [2.24, 2.45) is 0 Å². The van der Waals surface area contributed by atoms with Crippen molar-refractivity contribution in [3.8, 4) is 0 Å². The molecule has 0 bridgehead atoms. The molecule has 0 atom stereocenters. The van der Waals surface area contributed by atoms with Crippen LogP contribution >= 0.6 is 15.9 Å². The predicted octanol–water partition coefficient (Wildman–Crippen LogP) is 3.80. The summed E-state index contributed by atoms with van der Waals surface area (Å²) in [7, 11) is 0. The summed E-state index contributed by atoms with van der Waals surface area (Å²) >= 11 is 3.57. The van der Waals surface area contributed by atoms with Gasteiger partial charge >= 0.3 is 0 Å².